The molecule has 3 aromatic carbocycles. The molecule has 8 heteroatoms. The third-order valence-corrected chi connectivity index (χ3v) is 8.14. The van der Waals surface area contributed by atoms with Crippen molar-refractivity contribution in [3.05, 3.63) is 99.1 Å². The fourth-order valence-corrected chi connectivity index (χ4v) is 6.44. The van der Waals surface area contributed by atoms with Gasteiger partial charge in [0, 0.05) is 23.0 Å². The van der Waals surface area contributed by atoms with Crippen molar-refractivity contribution in [2.75, 3.05) is 22.9 Å². The summed E-state index contributed by atoms with van der Waals surface area (Å²) in [6.45, 7) is 3.29. The van der Waals surface area contributed by atoms with Crippen LogP contribution in [0.4, 0.5) is 15.8 Å². The Bertz CT molecular complexity index is 1300. The lowest BCUT2D eigenvalue weighted by Crippen LogP contribution is -2.30. The van der Waals surface area contributed by atoms with Gasteiger partial charge in [0.25, 0.3) is 5.91 Å². The summed E-state index contributed by atoms with van der Waals surface area (Å²) < 4.78 is 13.6. The van der Waals surface area contributed by atoms with Crippen molar-refractivity contribution in [1.29, 1.82) is 0 Å². The van der Waals surface area contributed by atoms with E-state index in [1.165, 1.54) is 29.5 Å². The van der Waals surface area contributed by atoms with Gasteiger partial charge in [-0.2, -0.15) is 0 Å². The highest BCUT2D eigenvalue weighted by molar-refractivity contribution is 8.20. The van der Waals surface area contributed by atoms with Crippen LogP contribution in [0.5, 0.6) is 0 Å². The molecule has 1 saturated heterocycles. The summed E-state index contributed by atoms with van der Waals surface area (Å²) in [7, 11) is 0. The second-order valence-electron chi connectivity index (χ2n) is 7.71. The van der Waals surface area contributed by atoms with Crippen molar-refractivity contribution in [1.82, 2.24) is 0 Å². The number of amidine groups is 1. The van der Waals surface area contributed by atoms with Gasteiger partial charge in [-0.05, 0) is 73.1 Å². The van der Waals surface area contributed by atoms with Crippen LogP contribution in [0.1, 0.15) is 12.5 Å². The summed E-state index contributed by atoms with van der Waals surface area (Å²) in [6.07, 6.45) is 0.766. The molecular weight excluding hydrogens is 489 g/mol. The van der Waals surface area contributed by atoms with Crippen LogP contribution in [-0.2, 0) is 11.2 Å². The largest absolute Gasteiger partial charge is 0.334 e. The van der Waals surface area contributed by atoms with E-state index < -0.39 is 0 Å². The predicted molar refractivity (Wildman–Crippen MR) is 141 cm³/mol. The van der Waals surface area contributed by atoms with Crippen molar-refractivity contribution < 1.29 is 9.18 Å². The Hall–Kier alpha value is -2.74. The minimum atomic E-state index is -0.347. The molecule has 2 heterocycles. The number of hydrogen-bond acceptors (Lipinski definition) is 5. The van der Waals surface area contributed by atoms with E-state index in [0.29, 0.717) is 33.9 Å². The van der Waals surface area contributed by atoms with E-state index in [1.54, 1.807) is 28.8 Å². The predicted octanol–water partition coefficient (Wildman–Crippen LogP) is 6.96. The van der Waals surface area contributed by atoms with Gasteiger partial charge >= 0.3 is 0 Å². The van der Waals surface area contributed by atoms with E-state index in [4.69, 9.17) is 16.6 Å². The van der Waals surface area contributed by atoms with Gasteiger partial charge in [-0.3, -0.25) is 14.7 Å². The van der Waals surface area contributed by atoms with Crippen LogP contribution in [-0.4, -0.2) is 24.2 Å². The van der Waals surface area contributed by atoms with Crippen LogP contribution in [0.15, 0.2) is 92.6 Å². The number of carbonyl (C=O) groups excluding carboxylic acids is 1. The summed E-state index contributed by atoms with van der Waals surface area (Å²) in [5, 5.41) is 2.13. The monoisotopic (exact) mass is 509 g/mol. The fraction of sp³-hybridized carbons (Fsp3) is 0.154. The highest BCUT2D eigenvalue weighted by Crippen LogP contribution is 2.51. The molecular formula is C26H21ClFN3OS2. The molecule has 0 unspecified atom stereocenters. The number of rotatable bonds is 5. The third kappa shape index (κ3) is 4.48. The lowest BCUT2D eigenvalue weighted by atomic mass is 10.2. The van der Waals surface area contributed by atoms with Gasteiger partial charge in [0.05, 0.1) is 11.4 Å². The average Bonchev–Trinajstić information content (AvgIpc) is 3.37. The Labute approximate surface area is 211 Å². The Morgan fingerprint density at radius 3 is 2.50 bits per heavy atom. The quantitative estimate of drug-likeness (QED) is 0.348. The van der Waals surface area contributed by atoms with Crippen molar-refractivity contribution in [2.45, 2.75) is 18.2 Å². The molecule has 0 aromatic heterocycles. The number of aliphatic imine (C=N–C) groups is 1. The molecule has 0 spiro atoms. The maximum absolute atomic E-state index is 13.7. The molecule has 0 radical (unpaired) electrons. The molecule has 2 aliphatic rings. The summed E-state index contributed by atoms with van der Waals surface area (Å²) >= 11 is 9.18. The molecule has 3 aromatic rings. The highest BCUT2D eigenvalue weighted by atomic mass is 35.5. The smallest absolute Gasteiger partial charge is 0.274 e. The van der Waals surface area contributed by atoms with Crippen LogP contribution in [0.25, 0.3) is 0 Å². The van der Waals surface area contributed by atoms with Crippen molar-refractivity contribution in [3.8, 4) is 0 Å². The molecule has 34 heavy (non-hydrogen) atoms. The molecule has 2 aliphatic heterocycles. The maximum atomic E-state index is 13.7. The Kier molecular flexibility index (Phi) is 6.68. The fourth-order valence-electron chi connectivity index (χ4n) is 3.89. The number of benzene rings is 3. The standard InChI is InChI=1S/C26H21ClFN3OS2/c1-2-30-21-16-18(27)8-13-22(21)33-25(30)23-24(32)31(20-11-9-19(28)10-12-20)26(34-23)29-15-14-17-6-4-3-5-7-17/h3-13,16H,2,14-15H2,1H3/b25-23-,29-26?. The average molecular weight is 510 g/mol. The van der Waals surface area contributed by atoms with Crippen LogP contribution in [0, 0.1) is 5.82 Å². The minimum Gasteiger partial charge on any atom is -0.334 e. The van der Waals surface area contributed by atoms with Crippen molar-refractivity contribution in [3.63, 3.8) is 0 Å². The molecule has 172 valence electrons. The first-order valence-corrected chi connectivity index (χ1v) is 12.9. The van der Waals surface area contributed by atoms with E-state index in [-0.39, 0.29) is 11.7 Å². The van der Waals surface area contributed by atoms with Gasteiger partial charge in [-0.25, -0.2) is 4.39 Å². The van der Waals surface area contributed by atoms with Gasteiger partial charge in [0.15, 0.2) is 5.17 Å². The number of carbonyl (C=O) groups is 1. The van der Waals surface area contributed by atoms with E-state index in [0.717, 1.165) is 22.0 Å². The zero-order chi connectivity index (χ0) is 23.7. The number of fused-ring (bicyclic) bond motifs is 1. The number of amides is 1. The molecule has 1 amide bonds. The zero-order valence-corrected chi connectivity index (χ0v) is 20.8. The SMILES string of the molecule is CCN1/C(=C2/SC(=NCCc3ccccc3)N(c3ccc(F)cc3)C2=O)Sc2ccc(Cl)cc21. The first kappa shape index (κ1) is 23.0. The summed E-state index contributed by atoms with van der Waals surface area (Å²) in [4.78, 5) is 23.9. The molecule has 0 saturated carbocycles. The summed E-state index contributed by atoms with van der Waals surface area (Å²) in [6, 6.07) is 21.8. The summed E-state index contributed by atoms with van der Waals surface area (Å²) in [5.41, 5.74) is 2.78. The molecule has 5 rings (SSSR count). The van der Waals surface area contributed by atoms with E-state index in [2.05, 4.69) is 17.0 Å². The topological polar surface area (TPSA) is 35.9 Å². The van der Waals surface area contributed by atoms with Crippen LogP contribution in [0.3, 0.4) is 0 Å². The minimum absolute atomic E-state index is 0.157. The van der Waals surface area contributed by atoms with Crippen molar-refractivity contribution >= 4 is 57.6 Å². The van der Waals surface area contributed by atoms with Crippen LogP contribution < -0.4 is 9.80 Å². The highest BCUT2D eigenvalue weighted by Gasteiger charge is 2.40. The summed E-state index contributed by atoms with van der Waals surface area (Å²) in [5.74, 6) is -0.505. The second-order valence-corrected chi connectivity index (χ2v) is 10.2. The van der Waals surface area contributed by atoms with Gasteiger partial charge in [-0.1, -0.05) is 53.7 Å². The van der Waals surface area contributed by atoms with Gasteiger partial charge in [0.1, 0.15) is 15.8 Å². The van der Waals surface area contributed by atoms with E-state index >= 15 is 0 Å². The molecule has 0 atom stereocenters. The Morgan fingerprint density at radius 2 is 1.76 bits per heavy atom. The molecule has 0 bridgehead atoms. The molecule has 4 nitrogen and oxygen atoms in total. The van der Waals surface area contributed by atoms with Gasteiger partial charge < -0.3 is 4.90 Å². The first-order chi connectivity index (χ1) is 16.5. The second kappa shape index (κ2) is 9.86. The molecule has 1 fully saturated rings. The number of anilines is 2. The third-order valence-electron chi connectivity index (χ3n) is 5.53. The molecule has 0 N–H and O–H groups in total. The lowest BCUT2D eigenvalue weighted by Gasteiger charge is -2.19. The van der Waals surface area contributed by atoms with Crippen molar-refractivity contribution in [2.24, 2.45) is 4.99 Å². The van der Waals surface area contributed by atoms with E-state index in [1.807, 2.05) is 43.3 Å². The zero-order valence-electron chi connectivity index (χ0n) is 18.4. The van der Waals surface area contributed by atoms with E-state index in [9.17, 15) is 9.18 Å². The first-order valence-electron chi connectivity index (χ1n) is 10.9. The normalized spacial score (nSPS) is 18.8. The van der Waals surface area contributed by atoms with Gasteiger partial charge in [-0.15, -0.1) is 0 Å². The van der Waals surface area contributed by atoms with Gasteiger partial charge in [0.2, 0.25) is 0 Å². The number of hydrogen-bond donors (Lipinski definition) is 0. The van der Waals surface area contributed by atoms with Crippen LogP contribution in [0.2, 0.25) is 5.02 Å². The number of halogens is 2. The Morgan fingerprint density at radius 1 is 1.00 bits per heavy atom. The number of thioether (sulfide) groups is 2. The van der Waals surface area contributed by atoms with Crippen LogP contribution >= 0.6 is 35.1 Å². The lowest BCUT2D eigenvalue weighted by molar-refractivity contribution is -0.113. The Balaban J connectivity index is 1.51. The number of nitrogens with zero attached hydrogens (tertiary/aromatic N) is 3. The molecule has 0 aliphatic carbocycles. The maximum Gasteiger partial charge on any atom is 0.274 e.